The quantitative estimate of drug-likeness (QED) is 0.925. The fraction of sp³-hybridized carbons (Fsp3) is 0.579. The Hall–Kier alpha value is -2.06. The summed E-state index contributed by atoms with van der Waals surface area (Å²) in [6.45, 7) is 4.51. The summed E-state index contributed by atoms with van der Waals surface area (Å²) >= 11 is 0. The Morgan fingerprint density at radius 1 is 1.29 bits per heavy atom. The van der Waals surface area contributed by atoms with Crippen LogP contribution in [0, 0.1) is 16.7 Å². The molecule has 1 aliphatic carbocycles. The summed E-state index contributed by atoms with van der Waals surface area (Å²) in [4.78, 5) is 14.9. The molecule has 0 radical (unpaired) electrons. The molecule has 1 amide bonds. The second kappa shape index (κ2) is 7.23. The first-order valence-corrected chi connectivity index (χ1v) is 8.82. The molecule has 1 heterocycles. The fourth-order valence-electron chi connectivity index (χ4n) is 3.64. The lowest BCUT2D eigenvalue weighted by Gasteiger charge is -2.35. The molecule has 0 unspecified atom stereocenters. The minimum absolute atomic E-state index is 0.155. The molecule has 128 valence electrons. The average Bonchev–Trinajstić information content (AvgIpc) is 2.63. The number of hydrogen-bond acceptors (Lipinski definition) is 4. The van der Waals surface area contributed by atoms with Crippen molar-refractivity contribution in [3.8, 4) is 6.07 Å². The molecule has 24 heavy (non-hydrogen) atoms. The molecule has 2 fully saturated rings. The van der Waals surface area contributed by atoms with Gasteiger partial charge in [-0.2, -0.15) is 5.26 Å². The molecule has 2 aliphatic rings. The van der Waals surface area contributed by atoms with Gasteiger partial charge in [-0.15, -0.1) is 0 Å². The highest BCUT2D eigenvalue weighted by Crippen LogP contribution is 2.36. The van der Waals surface area contributed by atoms with Gasteiger partial charge < -0.3 is 15.0 Å². The summed E-state index contributed by atoms with van der Waals surface area (Å²) in [6.07, 6.45) is 4.35. The molecule has 5 nitrogen and oxygen atoms in total. The van der Waals surface area contributed by atoms with Crippen molar-refractivity contribution in [3.63, 3.8) is 0 Å². The van der Waals surface area contributed by atoms with Crippen LogP contribution in [0.5, 0.6) is 0 Å². The normalized spacial score (nSPS) is 23.3. The zero-order valence-electron chi connectivity index (χ0n) is 14.3. The zero-order chi connectivity index (χ0) is 17.0. The Balaban J connectivity index is 1.67. The number of nitriles is 1. The molecular weight excluding hydrogens is 302 g/mol. The summed E-state index contributed by atoms with van der Waals surface area (Å²) in [5.74, 6) is -0.155. The molecule has 1 aliphatic heterocycles. The highest BCUT2D eigenvalue weighted by molar-refractivity contribution is 5.97. The first kappa shape index (κ1) is 16.8. The Morgan fingerprint density at radius 3 is 2.62 bits per heavy atom. The summed E-state index contributed by atoms with van der Waals surface area (Å²) in [6, 6.07) is 10.5. The van der Waals surface area contributed by atoms with E-state index in [1.807, 2.05) is 24.3 Å². The number of amides is 1. The third-order valence-electron chi connectivity index (χ3n) is 5.18. The number of morpholine rings is 1. The number of rotatable bonds is 3. The van der Waals surface area contributed by atoms with Crippen molar-refractivity contribution in [3.05, 3.63) is 24.3 Å². The average molecular weight is 327 g/mol. The third-order valence-corrected chi connectivity index (χ3v) is 5.18. The van der Waals surface area contributed by atoms with Crippen molar-refractivity contribution in [2.45, 2.75) is 45.1 Å². The van der Waals surface area contributed by atoms with E-state index in [-0.39, 0.29) is 5.91 Å². The van der Waals surface area contributed by atoms with Gasteiger partial charge in [0.1, 0.15) is 5.41 Å². The minimum Gasteiger partial charge on any atom is -0.377 e. The predicted octanol–water partition coefficient (Wildman–Crippen LogP) is 3.32. The van der Waals surface area contributed by atoms with Crippen molar-refractivity contribution in [2.75, 3.05) is 30.0 Å². The molecule has 5 heteroatoms. The van der Waals surface area contributed by atoms with Crippen LogP contribution >= 0.6 is 0 Å². The van der Waals surface area contributed by atoms with Crippen LogP contribution in [0.25, 0.3) is 0 Å². The van der Waals surface area contributed by atoms with Gasteiger partial charge in [0.2, 0.25) is 5.91 Å². The van der Waals surface area contributed by atoms with E-state index in [0.717, 1.165) is 50.4 Å². The van der Waals surface area contributed by atoms with E-state index in [0.29, 0.717) is 18.9 Å². The predicted molar refractivity (Wildman–Crippen MR) is 93.8 cm³/mol. The lowest BCUT2D eigenvalue weighted by Crippen LogP contribution is -2.43. The summed E-state index contributed by atoms with van der Waals surface area (Å²) in [7, 11) is 0. The number of ether oxygens (including phenoxy) is 1. The van der Waals surface area contributed by atoms with E-state index in [1.165, 1.54) is 0 Å². The molecule has 1 saturated carbocycles. The zero-order valence-corrected chi connectivity index (χ0v) is 14.3. The van der Waals surface area contributed by atoms with Crippen LogP contribution in [-0.4, -0.2) is 31.7 Å². The highest BCUT2D eigenvalue weighted by Gasteiger charge is 2.39. The van der Waals surface area contributed by atoms with Gasteiger partial charge in [0.05, 0.1) is 19.3 Å². The Bertz CT molecular complexity index is 614. The summed E-state index contributed by atoms with van der Waals surface area (Å²) in [5, 5.41) is 12.4. The number of carbonyl (C=O) groups excluding carboxylic acids is 1. The van der Waals surface area contributed by atoms with Gasteiger partial charge in [0, 0.05) is 24.0 Å². The molecule has 3 rings (SSSR count). The minimum atomic E-state index is -0.852. The summed E-state index contributed by atoms with van der Waals surface area (Å²) < 4.78 is 5.47. The lowest BCUT2D eigenvalue weighted by atomic mass is 9.74. The molecule has 1 saturated heterocycles. The van der Waals surface area contributed by atoms with Crippen LogP contribution in [0.4, 0.5) is 11.4 Å². The first-order chi connectivity index (χ1) is 11.6. The number of carbonyl (C=O) groups is 1. The van der Waals surface area contributed by atoms with E-state index < -0.39 is 5.41 Å². The van der Waals surface area contributed by atoms with Gasteiger partial charge in [-0.3, -0.25) is 4.79 Å². The van der Waals surface area contributed by atoms with E-state index in [9.17, 15) is 10.1 Å². The molecule has 1 aromatic rings. The second-order valence-corrected chi connectivity index (χ2v) is 6.87. The van der Waals surface area contributed by atoms with Gasteiger partial charge >= 0.3 is 0 Å². The molecule has 1 N–H and O–H groups in total. The lowest BCUT2D eigenvalue weighted by molar-refractivity contribution is -0.124. The van der Waals surface area contributed by atoms with E-state index in [1.54, 1.807) is 0 Å². The van der Waals surface area contributed by atoms with Gasteiger partial charge in [-0.1, -0.05) is 19.3 Å². The Kier molecular flexibility index (Phi) is 5.06. The standard InChI is InChI=1S/C19H25N3O2/c1-15-13-24-12-11-22(15)17-7-5-16(6-8-17)21-18(23)19(14-20)9-3-2-4-10-19/h5-8,15H,2-4,9-13H2,1H3,(H,21,23)/t15-/m1/s1. The van der Waals surface area contributed by atoms with Crippen LogP contribution in [0.15, 0.2) is 24.3 Å². The van der Waals surface area contributed by atoms with Crippen LogP contribution in [-0.2, 0) is 9.53 Å². The number of nitrogens with zero attached hydrogens (tertiary/aromatic N) is 2. The topological polar surface area (TPSA) is 65.4 Å². The van der Waals surface area contributed by atoms with Crippen LogP contribution in [0.2, 0.25) is 0 Å². The van der Waals surface area contributed by atoms with Gasteiger partial charge in [0.15, 0.2) is 0 Å². The van der Waals surface area contributed by atoms with E-state index in [4.69, 9.17) is 4.74 Å². The van der Waals surface area contributed by atoms with Crippen molar-refractivity contribution >= 4 is 17.3 Å². The number of nitrogens with one attached hydrogen (secondary N) is 1. The van der Waals surface area contributed by atoms with Gasteiger partial charge in [-0.05, 0) is 44.0 Å². The molecule has 0 spiro atoms. The van der Waals surface area contributed by atoms with Gasteiger partial charge in [-0.25, -0.2) is 0 Å². The van der Waals surface area contributed by atoms with E-state index in [2.05, 4.69) is 23.2 Å². The Morgan fingerprint density at radius 2 is 2.00 bits per heavy atom. The number of hydrogen-bond donors (Lipinski definition) is 1. The maximum atomic E-state index is 12.6. The van der Waals surface area contributed by atoms with Crippen molar-refractivity contribution < 1.29 is 9.53 Å². The Labute approximate surface area is 143 Å². The van der Waals surface area contributed by atoms with Crippen LogP contribution in [0.1, 0.15) is 39.0 Å². The first-order valence-electron chi connectivity index (χ1n) is 8.82. The maximum Gasteiger partial charge on any atom is 0.244 e. The molecule has 1 aromatic carbocycles. The molecule has 0 bridgehead atoms. The SMILES string of the molecule is C[C@@H]1COCCN1c1ccc(NC(=O)C2(C#N)CCCCC2)cc1. The van der Waals surface area contributed by atoms with Crippen LogP contribution < -0.4 is 10.2 Å². The van der Waals surface area contributed by atoms with Crippen LogP contribution in [0.3, 0.4) is 0 Å². The van der Waals surface area contributed by atoms with Gasteiger partial charge in [0.25, 0.3) is 0 Å². The number of benzene rings is 1. The molecule has 0 aromatic heterocycles. The maximum absolute atomic E-state index is 12.6. The fourth-order valence-corrected chi connectivity index (χ4v) is 3.64. The second-order valence-electron chi connectivity index (χ2n) is 6.87. The third kappa shape index (κ3) is 3.39. The number of anilines is 2. The smallest absolute Gasteiger partial charge is 0.244 e. The monoisotopic (exact) mass is 327 g/mol. The van der Waals surface area contributed by atoms with E-state index >= 15 is 0 Å². The largest absolute Gasteiger partial charge is 0.377 e. The van der Waals surface area contributed by atoms with Crippen molar-refractivity contribution in [2.24, 2.45) is 5.41 Å². The molecular formula is C19H25N3O2. The summed E-state index contributed by atoms with van der Waals surface area (Å²) in [5.41, 5.74) is 1.04. The van der Waals surface area contributed by atoms with Crippen molar-refractivity contribution in [1.29, 1.82) is 5.26 Å². The highest BCUT2D eigenvalue weighted by atomic mass is 16.5. The van der Waals surface area contributed by atoms with Crippen molar-refractivity contribution in [1.82, 2.24) is 0 Å². The molecule has 1 atom stereocenters.